The summed E-state index contributed by atoms with van der Waals surface area (Å²) < 4.78 is 23.8. The van der Waals surface area contributed by atoms with Gasteiger partial charge in [0.05, 0.1) is 19.3 Å². The summed E-state index contributed by atoms with van der Waals surface area (Å²) >= 11 is 0. The summed E-state index contributed by atoms with van der Waals surface area (Å²) in [7, 11) is 0. The van der Waals surface area contributed by atoms with Crippen LogP contribution in [-0.2, 0) is 17.9 Å². The number of amides is 2. The Bertz CT molecular complexity index is 1880. The summed E-state index contributed by atoms with van der Waals surface area (Å²) in [5, 5.41) is 12.0. The number of carbonyl (C=O) groups excluding carboxylic acids is 2. The molecule has 0 aliphatic carbocycles. The molecule has 244 valence electrons. The Hall–Kier alpha value is -5.08. The molecule has 0 fully saturated rings. The van der Waals surface area contributed by atoms with Crippen molar-refractivity contribution in [2.75, 3.05) is 18.5 Å². The average Bonchev–Trinajstić information content (AvgIpc) is 3.40. The number of anilines is 1. The van der Waals surface area contributed by atoms with E-state index in [2.05, 4.69) is 30.8 Å². The van der Waals surface area contributed by atoms with Crippen LogP contribution >= 0.6 is 0 Å². The molecule has 5 heterocycles. The maximum absolute atomic E-state index is 14.9. The van der Waals surface area contributed by atoms with Crippen molar-refractivity contribution in [3.8, 4) is 17.1 Å². The second-order valence-corrected chi connectivity index (χ2v) is 11.8. The molecule has 3 N–H and O–H groups in total. The predicted molar refractivity (Wildman–Crippen MR) is 168 cm³/mol. The third-order valence-corrected chi connectivity index (χ3v) is 7.85. The Balaban J connectivity index is 1.38. The first kappa shape index (κ1) is 32.3. The molecule has 0 saturated carbocycles. The number of pyridine rings is 2. The maximum Gasteiger partial charge on any atom is 0.347 e. The van der Waals surface area contributed by atoms with Gasteiger partial charge in [0.15, 0.2) is 34.6 Å². The maximum atomic E-state index is 14.9. The molecule has 1 atom stereocenters. The van der Waals surface area contributed by atoms with Gasteiger partial charge in [0, 0.05) is 42.7 Å². The van der Waals surface area contributed by atoms with Gasteiger partial charge in [-0.3, -0.25) is 14.4 Å². The molecule has 5 rings (SSSR count). The van der Waals surface area contributed by atoms with Crippen LogP contribution in [0.5, 0.6) is 5.75 Å². The number of hydrogen-bond donors (Lipinski definition) is 3. The van der Waals surface area contributed by atoms with Crippen molar-refractivity contribution < 1.29 is 18.7 Å². The number of unbranched alkanes of at least 4 members (excludes halogenated alkanes) is 1. The number of halogens is 1. The second-order valence-electron chi connectivity index (χ2n) is 11.8. The van der Waals surface area contributed by atoms with Crippen LogP contribution in [0.1, 0.15) is 63.6 Å². The molecule has 0 aromatic carbocycles. The van der Waals surface area contributed by atoms with E-state index in [0.717, 1.165) is 19.0 Å². The van der Waals surface area contributed by atoms with Crippen LogP contribution in [0.25, 0.3) is 17.0 Å². The first-order valence-corrected chi connectivity index (χ1v) is 15.3. The lowest BCUT2D eigenvalue weighted by molar-refractivity contribution is -0.122. The van der Waals surface area contributed by atoms with Gasteiger partial charge in [-0.2, -0.15) is 5.10 Å². The Morgan fingerprint density at radius 1 is 1.15 bits per heavy atom. The van der Waals surface area contributed by atoms with Crippen molar-refractivity contribution in [1.82, 2.24) is 39.3 Å². The molecule has 14 nitrogen and oxygen atoms in total. The lowest BCUT2D eigenvalue weighted by Crippen LogP contribution is -2.47. The molecule has 2 amide bonds. The summed E-state index contributed by atoms with van der Waals surface area (Å²) in [4.78, 5) is 62.3. The van der Waals surface area contributed by atoms with E-state index in [1.54, 1.807) is 35.4 Å². The smallest absolute Gasteiger partial charge is 0.347 e. The van der Waals surface area contributed by atoms with Gasteiger partial charge in [-0.25, -0.2) is 28.7 Å². The fourth-order valence-electron chi connectivity index (χ4n) is 5.30. The van der Waals surface area contributed by atoms with E-state index in [1.165, 1.54) is 16.7 Å². The highest BCUT2D eigenvalue weighted by molar-refractivity contribution is 5.96. The zero-order valence-electron chi connectivity index (χ0n) is 26.5. The molecule has 0 radical (unpaired) electrons. The van der Waals surface area contributed by atoms with E-state index in [-0.39, 0.29) is 47.5 Å². The molecule has 1 aliphatic rings. The van der Waals surface area contributed by atoms with Crippen LogP contribution < -0.4 is 26.5 Å². The van der Waals surface area contributed by atoms with Gasteiger partial charge in [0.25, 0.3) is 5.91 Å². The number of hydrogen-bond acceptors (Lipinski definition) is 9. The molecular formula is C31H38FN9O5. The number of H-pyrrole nitrogens is 1. The van der Waals surface area contributed by atoms with Crippen molar-refractivity contribution in [1.29, 1.82) is 0 Å². The summed E-state index contributed by atoms with van der Waals surface area (Å²) in [6.45, 7) is 10.5. The average molecular weight is 636 g/mol. The van der Waals surface area contributed by atoms with Crippen LogP contribution in [0, 0.1) is 11.7 Å². The van der Waals surface area contributed by atoms with Crippen molar-refractivity contribution in [2.24, 2.45) is 5.92 Å². The summed E-state index contributed by atoms with van der Waals surface area (Å²) in [5.41, 5.74) is 0.587. The Morgan fingerprint density at radius 2 is 1.93 bits per heavy atom. The zero-order valence-corrected chi connectivity index (χ0v) is 26.5. The van der Waals surface area contributed by atoms with Gasteiger partial charge in [0.2, 0.25) is 11.3 Å². The Labute approximate surface area is 264 Å². The quantitative estimate of drug-likeness (QED) is 0.198. The predicted octanol–water partition coefficient (Wildman–Crippen LogP) is 2.58. The monoisotopic (exact) mass is 635 g/mol. The summed E-state index contributed by atoms with van der Waals surface area (Å²) in [6.07, 6.45) is 4.07. The zero-order chi connectivity index (χ0) is 33.1. The highest BCUT2D eigenvalue weighted by Crippen LogP contribution is 2.25. The molecule has 46 heavy (non-hydrogen) atoms. The van der Waals surface area contributed by atoms with Crippen LogP contribution in [0.4, 0.5) is 10.2 Å². The number of carbonyl (C=O) groups is 2. The van der Waals surface area contributed by atoms with Crippen LogP contribution in [0.15, 0.2) is 40.2 Å². The first-order chi connectivity index (χ1) is 22.0. The third-order valence-electron chi connectivity index (χ3n) is 7.85. The molecule has 0 saturated heterocycles. The molecule has 0 spiro atoms. The van der Waals surface area contributed by atoms with Gasteiger partial charge < -0.3 is 24.8 Å². The van der Waals surface area contributed by atoms with E-state index in [0.29, 0.717) is 36.6 Å². The fraction of sp³-hybridized carbons (Fsp3) is 0.452. The largest absolute Gasteiger partial charge is 0.487 e. The lowest BCUT2D eigenvalue weighted by atomic mass is 10.0. The number of fused-ring (bicyclic) bond motifs is 2. The van der Waals surface area contributed by atoms with Crippen molar-refractivity contribution in [3.05, 3.63) is 68.5 Å². The standard InChI is InChI=1S/C31H38FN9O5/c1-6-7-12-46-26-22(42)13-20(40-11-10-39(18(4)5)30(44)25(26)40)14-34-29(43)24(17(2)3)35-28-21(32)15-33-27(36-28)19-8-9-23-37-38-31(45)41(23)16-19/h8-9,13,15-18,24H,6-7,10-12,14H2,1-5H3,(H,34,43)(H,38,45)(H,33,35,36)/t24-/m0/s1. The van der Waals surface area contributed by atoms with Crippen molar-refractivity contribution in [2.45, 2.75) is 72.6 Å². The Morgan fingerprint density at radius 3 is 2.65 bits per heavy atom. The highest BCUT2D eigenvalue weighted by Gasteiger charge is 2.33. The highest BCUT2D eigenvalue weighted by atomic mass is 19.1. The van der Waals surface area contributed by atoms with E-state index in [9.17, 15) is 23.6 Å². The number of nitrogens with zero attached hydrogens (tertiary/aromatic N) is 6. The minimum atomic E-state index is -0.918. The molecule has 1 aliphatic heterocycles. The SMILES string of the molecule is CCCCOc1c2n(c(CNC(=O)[C@@H](Nc3nc(-c4ccc5n[nH]c(=O)n5c4)ncc3F)C(C)C)cc1=O)CCN(C(C)C)C2=O. The molecule has 4 aromatic rings. The Kier molecular flexibility index (Phi) is 9.49. The van der Waals surface area contributed by atoms with Crippen LogP contribution in [-0.4, -0.2) is 71.1 Å². The minimum Gasteiger partial charge on any atom is -0.487 e. The number of nitrogens with one attached hydrogen (secondary N) is 3. The van der Waals surface area contributed by atoms with Gasteiger partial charge in [-0.15, -0.1) is 0 Å². The van der Waals surface area contributed by atoms with Gasteiger partial charge >= 0.3 is 5.69 Å². The molecule has 0 bridgehead atoms. The van der Waals surface area contributed by atoms with Crippen LogP contribution in [0.2, 0.25) is 0 Å². The molecule has 0 unspecified atom stereocenters. The van der Waals surface area contributed by atoms with E-state index in [4.69, 9.17) is 4.74 Å². The number of ether oxygens (including phenoxy) is 1. The van der Waals surface area contributed by atoms with E-state index in [1.807, 2.05) is 20.8 Å². The number of aromatic nitrogens is 6. The van der Waals surface area contributed by atoms with E-state index < -0.39 is 28.9 Å². The number of rotatable bonds is 12. The third kappa shape index (κ3) is 6.48. The van der Waals surface area contributed by atoms with Gasteiger partial charge in [0.1, 0.15) is 6.04 Å². The van der Waals surface area contributed by atoms with Gasteiger partial charge in [-0.1, -0.05) is 27.2 Å². The molecule has 4 aromatic heterocycles. The lowest BCUT2D eigenvalue weighted by Gasteiger charge is -2.35. The second kappa shape index (κ2) is 13.5. The van der Waals surface area contributed by atoms with E-state index >= 15 is 0 Å². The van der Waals surface area contributed by atoms with Crippen LogP contribution in [0.3, 0.4) is 0 Å². The van der Waals surface area contributed by atoms with Crippen molar-refractivity contribution >= 4 is 23.3 Å². The summed E-state index contributed by atoms with van der Waals surface area (Å²) in [5.74, 6) is -1.87. The van der Waals surface area contributed by atoms with Gasteiger partial charge in [-0.05, 0) is 38.3 Å². The first-order valence-electron chi connectivity index (χ1n) is 15.3. The normalized spacial score (nSPS) is 13.7. The van der Waals surface area contributed by atoms with Crippen molar-refractivity contribution in [3.63, 3.8) is 0 Å². The summed E-state index contributed by atoms with van der Waals surface area (Å²) in [6, 6.07) is 3.64. The minimum absolute atomic E-state index is 0.0208. The number of aromatic amines is 1. The molecular weight excluding hydrogens is 597 g/mol. The molecule has 15 heteroatoms. The fourth-order valence-corrected chi connectivity index (χ4v) is 5.30. The topological polar surface area (TPSA) is 169 Å².